The molecule has 1 saturated carbocycles. The van der Waals surface area contributed by atoms with Gasteiger partial charge in [0, 0.05) is 12.0 Å². The highest BCUT2D eigenvalue weighted by molar-refractivity contribution is 5.96. The van der Waals surface area contributed by atoms with Crippen molar-refractivity contribution < 1.29 is 14.7 Å². The first kappa shape index (κ1) is 9.96. The predicted molar refractivity (Wildman–Crippen MR) is 48.4 cm³/mol. The average Bonchev–Trinajstić information content (AvgIpc) is 2.15. The maximum absolute atomic E-state index is 11.4. The van der Waals surface area contributed by atoms with Crippen LogP contribution in [0.15, 0.2) is 12.2 Å². The SMILES string of the molecule is O=C(O)/C=C/C(=O)C1CCCCC1. The van der Waals surface area contributed by atoms with Crippen LogP contribution in [-0.4, -0.2) is 16.9 Å². The van der Waals surface area contributed by atoms with Crippen molar-refractivity contribution in [2.45, 2.75) is 32.1 Å². The van der Waals surface area contributed by atoms with E-state index >= 15 is 0 Å². The van der Waals surface area contributed by atoms with E-state index in [4.69, 9.17) is 5.11 Å². The number of carboxylic acids is 1. The van der Waals surface area contributed by atoms with Crippen LogP contribution in [0, 0.1) is 5.92 Å². The second-order valence-corrected chi connectivity index (χ2v) is 3.41. The lowest BCUT2D eigenvalue weighted by Crippen LogP contribution is -2.15. The van der Waals surface area contributed by atoms with Gasteiger partial charge in [-0.15, -0.1) is 0 Å². The van der Waals surface area contributed by atoms with Gasteiger partial charge in [0.1, 0.15) is 0 Å². The molecule has 0 radical (unpaired) electrons. The normalized spacial score (nSPS) is 19.1. The Morgan fingerprint density at radius 3 is 2.23 bits per heavy atom. The number of carbonyl (C=O) groups excluding carboxylic acids is 1. The van der Waals surface area contributed by atoms with E-state index in [1.165, 1.54) is 12.5 Å². The number of carboxylic acid groups (broad SMARTS) is 1. The largest absolute Gasteiger partial charge is 0.478 e. The van der Waals surface area contributed by atoms with Crippen LogP contribution in [0.3, 0.4) is 0 Å². The lowest BCUT2D eigenvalue weighted by molar-refractivity contribution is -0.131. The molecule has 0 amide bonds. The van der Waals surface area contributed by atoms with Gasteiger partial charge in [0.2, 0.25) is 0 Å². The molecular weight excluding hydrogens is 168 g/mol. The van der Waals surface area contributed by atoms with Gasteiger partial charge in [0.05, 0.1) is 0 Å². The summed E-state index contributed by atoms with van der Waals surface area (Å²) in [4.78, 5) is 21.5. The second kappa shape index (κ2) is 4.80. The van der Waals surface area contributed by atoms with Crippen LogP contribution in [0.1, 0.15) is 32.1 Å². The van der Waals surface area contributed by atoms with E-state index in [2.05, 4.69) is 0 Å². The van der Waals surface area contributed by atoms with Crippen LogP contribution >= 0.6 is 0 Å². The van der Waals surface area contributed by atoms with Gasteiger partial charge in [-0.3, -0.25) is 4.79 Å². The zero-order valence-corrected chi connectivity index (χ0v) is 7.53. The monoisotopic (exact) mass is 182 g/mol. The number of rotatable bonds is 3. The quantitative estimate of drug-likeness (QED) is 0.677. The topological polar surface area (TPSA) is 54.4 Å². The standard InChI is InChI=1S/C10H14O3/c11-9(6-7-10(12)13)8-4-2-1-3-5-8/h6-8H,1-5H2,(H,12,13)/b7-6+. The summed E-state index contributed by atoms with van der Waals surface area (Å²) < 4.78 is 0. The van der Waals surface area contributed by atoms with E-state index in [0.717, 1.165) is 31.8 Å². The minimum Gasteiger partial charge on any atom is -0.478 e. The summed E-state index contributed by atoms with van der Waals surface area (Å²) in [5.74, 6) is -1.00. The molecule has 1 N–H and O–H groups in total. The van der Waals surface area contributed by atoms with Crippen LogP contribution in [0.2, 0.25) is 0 Å². The van der Waals surface area contributed by atoms with Gasteiger partial charge in [-0.2, -0.15) is 0 Å². The fraction of sp³-hybridized carbons (Fsp3) is 0.600. The van der Waals surface area contributed by atoms with E-state index in [1.807, 2.05) is 0 Å². The van der Waals surface area contributed by atoms with Gasteiger partial charge in [0.25, 0.3) is 0 Å². The highest BCUT2D eigenvalue weighted by atomic mass is 16.4. The minimum atomic E-state index is -1.05. The fourth-order valence-electron chi connectivity index (χ4n) is 1.68. The Hall–Kier alpha value is -1.12. The van der Waals surface area contributed by atoms with Gasteiger partial charge >= 0.3 is 5.97 Å². The third-order valence-electron chi connectivity index (χ3n) is 2.40. The molecule has 1 aliphatic rings. The van der Waals surface area contributed by atoms with Crippen molar-refractivity contribution in [3.63, 3.8) is 0 Å². The number of hydrogen-bond acceptors (Lipinski definition) is 2. The summed E-state index contributed by atoms with van der Waals surface area (Å²) in [5.41, 5.74) is 0. The van der Waals surface area contributed by atoms with Crippen molar-refractivity contribution in [1.82, 2.24) is 0 Å². The van der Waals surface area contributed by atoms with Crippen molar-refractivity contribution in [2.75, 3.05) is 0 Å². The molecule has 0 aliphatic heterocycles. The Kier molecular flexibility index (Phi) is 3.68. The lowest BCUT2D eigenvalue weighted by Gasteiger charge is -2.18. The second-order valence-electron chi connectivity index (χ2n) is 3.41. The predicted octanol–water partition coefficient (Wildman–Crippen LogP) is 1.78. The highest BCUT2D eigenvalue weighted by Crippen LogP contribution is 2.24. The summed E-state index contributed by atoms with van der Waals surface area (Å²) in [5, 5.41) is 8.32. The minimum absolute atomic E-state index is 0.0258. The van der Waals surface area contributed by atoms with Gasteiger partial charge in [-0.1, -0.05) is 19.3 Å². The third-order valence-corrected chi connectivity index (χ3v) is 2.40. The van der Waals surface area contributed by atoms with E-state index in [9.17, 15) is 9.59 Å². The number of hydrogen-bond donors (Lipinski definition) is 1. The van der Waals surface area contributed by atoms with Crippen LogP contribution in [0.4, 0.5) is 0 Å². The summed E-state index contributed by atoms with van der Waals surface area (Å²) >= 11 is 0. The summed E-state index contributed by atoms with van der Waals surface area (Å²) in [6, 6.07) is 0. The molecular formula is C10H14O3. The Labute approximate surface area is 77.4 Å². The molecule has 3 nitrogen and oxygen atoms in total. The molecule has 0 aromatic rings. The Balaban J connectivity index is 2.41. The zero-order chi connectivity index (χ0) is 9.68. The van der Waals surface area contributed by atoms with Crippen molar-refractivity contribution in [2.24, 2.45) is 5.92 Å². The molecule has 1 fully saturated rings. The van der Waals surface area contributed by atoms with Crippen LogP contribution in [0.25, 0.3) is 0 Å². The molecule has 1 rings (SSSR count). The van der Waals surface area contributed by atoms with Crippen molar-refractivity contribution >= 4 is 11.8 Å². The molecule has 0 unspecified atom stereocenters. The summed E-state index contributed by atoms with van der Waals surface area (Å²) in [6.45, 7) is 0. The number of aliphatic carboxylic acids is 1. The first-order valence-electron chi connectivity index (χ1n) is 4.65. The first-order valence-corrected chi connectivity index (χ1v) is 4.65. The molecule has 0 spiro atoms. The van der Waals surface area contributed by atoms with E-state index < -0.39 is 5.97 Å². The molecule has 0 aromatic carbocycles. The molecule has 1 aliphatic carbocycles. The molecule has 0 atom stereocenters. The molecule has 0 bridgehead atoms. The van der Waals surface area contributed by atoms with E-state index in [1.54, 1.807) is 0 Å². The maximum Gasteiger partial charge on any atom is 0.328 e. The molecule has 13 heavy (non-hydrogen) atoms. The maximum atomic E-state index is 11.4. The average molecular weight is 182 g/mol. The number of carbonyl (C=O) groups is 2. The van der Waals surface area contributed by atoms with Gasteiger partial charge in [-0.25, -0.2) is 4.79 Å². The number of ketones is 1. The first-order chi connectivity index (χ1) is 6.20. The smallest absolute Gasteiger partial charge is 0.328 e. The Morgan fingerprint density at radius 1 is 1.08 bits per heavy atom. The third kappa shape index (κ3) is 3.40. The van der Waals surface area contributed by atoms with Crippen molar-refractivity contribution in [1.29, 1.82) is 0 Å². The molecule has 72 valence electrons. The molecule has 0 saturated heterocycles. The van der Waals surface area contributed by atoms with Crippen LogP contribution in [0.5, 0.6) is 0 Å². The lowest BCUT2D eigenvalue weighted by atomic mass is 9.86. The fourth-order valence-corrected chi connectivity index (χ4v) is 1.68. The van der Waals surface area contributed by atoms with Crippen LogP contribution < -0.4 is 0 Å². The summed E-state index contributed by atoms with van der Waals surface area (Å²) in [7, 11) is 0. The Bertz CT molecular complexity index is 224. The van der Waals surface area contributed by atoms with Crippen molar-refractivity contribution in [3.05, 3.63) is 12.2 Å². The van der Waals surface area contributed by atoms with E-state index in [0.29, 0.717) is 0 Å². The van der Waals surface area contributed by atoms with Gasteiger partial charge in [-0.05, 0) is 18.9 Å². The molecule has 0 aromatic heterocycles. The zero-order valence-electron chi connectivity index (χ0n) is 7.53. The Morgan fingerprint density at radius 2 is 1.69 bits per heavy atom. The number of allylic oxidation sites excluding steroid dienone is 1. The summed E-state index contributed by atoms with van der Waals surface area (Å²) in [6.07, 6.45) is 7.35. The molecule has 0 heterocycles. The highest BCUT2D eigenvalue weighted by Gasteiger charge is 2.18. The van der Waals surface area contributed by atoms with Crippen molar-refractivity contribution in [3.8, 4) is 0 Å². The van der Waals surface area contributed by atoms with Gasteiger partial charge in [0.15, 0.2) is 5.78 Å². The van der Waals surface area contributed by atoms with Gasteiger partial charge < -0.3 is 5.11 Å². The van der Waals surface area contributed by atoms with Crippen LogP contribution in [-0.2, 0) is 9.59 Å². The molecule has 3 heteroatoms. The van der Waals surface area contributed by atoms with E-state index in [-0.39, 0.29) is 11.7 Å².